The minimum absolute atomic E-state index is 0.0499. The Hall–Kier alpha value is -2.45. The molecule has 0 aliphatic carbocycles. The number of piperidine rings is 1. The van der Waals surface area contributed by atoms with Crippen molar-refractivity contribution in [3.05, 3.63) is 41.5 Å². The van der Waals surface area contributed by atoms with E-state index >= 15 is 0 Å². The van der Waals surface area contributed by atoms with Crippen molar-refractivity contribution in [3.63, 3.8) is 0 Å². The summed E-state index contributed by atoms with van der Waals surface area (Å²) < 4.78 is 10.4. The number of primary amides is 1. The predicted octanol–water partition coefficient (Wildman–Crippen LogP) is 1.27. The highest BCUT2D eigenvalue weighted by Crippen LogP contribution is 2.30. The molecule has 3 saturated heterocycles. The number of carbonyl (C=O) groups excluding carboxylic acids is 1. The van der Waals surface area contributed by atoms with Gasteiger partial charge >= 0.3 is 0 Å². The molecule has 0 saturated carbocycles. The van der Waals surface area contributed by atoms with E-state index in [1.807, 2.05) is 12.1 Å². The molecule has 2 N–H and O–H groups in total. The van der Waals surface area contributed by atoms with Crippen LogP contribution < -0.4 is 10.5 Å². The fraction of sp³-hybridized carbons (Fsp3) is 0.526. The smallest absolute Gasteiger partial charge is 0.290 e. The second kappa shape index (κ2) is 7.66. The molecular weight excluding hydrogens is 346 g/mol. The van der Waals surface area contributed by atoms with Gasteiger partial charge in [0, 0.05) is 32.2 Å². The maximum atomic E-state index is 11.2. The molecule has 1 aromatic heterocycles. The molecule has 8 heteroatoms. The normalized spacial score (nSPS) is 23.3. The Bertz CT molecular complexity index is 791. The molecule has 3 aliphatic rings. The highest BCUT2D eigenvalue weighted by Gasteiger charge is 2.35. The van der Waals surface area contributed by atoms with Crippen molar-refractivity contribution in [1.82, 2.24) is 19.9 Å². The second-order valence-electron chi connectivity index (χ2n) is 7.44. The molecule has 0 radical (unpaired) electrons. The zero-order valence-electron chi connectivity index (χ0n) is 15.5. The first-order valence-corrected chi connectivity index (χ1v) is 9.32. The molecule has 4 heterocycles. The second-order valence-corrected chi connectivity index (χ2v) is 7.44. The van der Waals surface area contributed by atoms with Gasteiger partial charge in [0.15, 0.2) is 0 Å². The van der Waals surface area contributed by atoms with Gasteiger partial charge in [0.25, 0.3) is 11.7 Å². The Morgan fingerprint density at radius 1 is 1.22 bits per heavy atom. The van der Waals surface area contributed by atoms with Gasteiger partial charge in [-0.05, 0) is 36.5 Å². The van der Waals surface area contributed by atoms with E-state index in [1.165, 1.54) is 18.4 Å². The number of ether oxygens (including phenoxy) is 1. The van der Waals surface area contributed by atoms with Crippen molar-refractivity contribution >= 4 is 5.91 Å². The van der Waals surface area contributed by atoms with Crippen LogP contribution in [0.25, 0.3) is 0 Å². The number of hydrogen-bond acceptors (Lipinski definition) is 7. The van der Waals surface area contributed by atoms with Crippen LogP contribution in [0.3, 0.4) is 0 Å². The first-order chi connectivity index (χ1) is 13.1. The Balaban J connectivity index is 1.41. The van der Waals surface area contributed by atoms with Gasteiger partial charge in [-0.2, -0.15) is 4.98 Å². The number of methoxy groups -OCH3 is 1. The Labute approximate surface area is 158 Å². The fourth-order valence-corrected chi connectivity index (χ4v) is 4.18. The van der Waals surface area contributed by atoms with Crippen molar-refractivity contribution in [3.8, 4) is 5.75 Å². The van der Waals surface area contributed by atoms with E-state index < -0.39 is 5.91 Å². The maximum absolute atomic E-state index is 11.2. The zero-order chi connectivity index (χ0) is 18.8. The Kier molecular flexibility index (Phi) is 5.09. The molecule has 8 nitrogen and oxygen atoms in total. The van der Waals surface area contributed by atoms with Gasteiger partial charge in [0.1, 0.15) is 5.75 Å². The quantitative estimate of drug-likeness (QED) is 0.817. The summed E-state index contributed by atoms with van der Waals surface area (Å²) >= 11 is 0. The summed E-state index contributed by atoms with van der Waals surface area (Å²) in [6.45, 7) is 4.63. The third-order valence-corrected chi connectivity index (χ3v) is 5.49. The number of aromatic nitrogens is 2. The van der Waals surface area contributed by atoms with E-state index in [2.05, 4.69) is 32.1 Å². The van der Waals surface area contributed by atoms with Crippen molar-refractivity contribution in [2.24, 2.45) is 11.7 Å². The molecule has 1 aromatic carbocycles. The molecule has 2 atom stereocenters. The summed E-state index contributed by atoms with van der Waals surface area (Å²) in [5.74, 6) is 1.26. The van der Waals surface area contributed by atoms with E-state index in [0.29, 0.717) is 24.4 Å². The first-order valence-electron chi connectivity index (χ1n) is 9.32. The van der Waals surface area contributed by atoms with Gasteiger partial charge < -0.3 is 15.0 Å². The lowest BCUT2D eigenvalue weighted by Gasteiger charge is -2.35. The minimum atomic E-state index is -0.659. The number of carbonyl (C=O) groups is 1. The first kappa shape index (κ1) is 17.9. The third-order valence-electron chi connectivity index (χ3n) is 5.49. The van der Waals surface area contributed by atoms with Crippen LogP contribution in [0.15, 0.2) is 28.8 Å². The molecule has 144 valence electrons. The molecule has 0 unspecified atom stereocenters. The largest absolute Gasteiger partial charge is 0.497 e. The highest BCUT2D eigenvalue weighted by molar-refractivity contribution is 5.88. The van der Waals surface area contributed by atoms with E-state index in [9.17, 15) is 4.79 Å². The number of nitrogens with two attached hydrogens (primary N) is 1. The Morgan fingerprint density at radius 2 is 2.04 bits per heavy atom. The van der Waals surface area contributed by atoms with E-state index in [0.717, 1.165) is 31.9 Å². The van der Waals surface area contributed by atoms with Crippen LogP contribution in [0.5, 0.6) is 5.75 Å². The highest BCUT2D eigenvalue weighted by atomic mass is 16.5. The Morgan fingerprint density at radius 3 is 2.74 bits per heavy atom. The standard InChI is InChI=1S/C19H25N5O3/c1-26-16-6-3-13(4-7-16)8-23-9-14-2-5-15(11-23)24(10-14)12-17-21-19(18(20)25)22-27-17/h3-4,6-7,14-15H,2,5,8-12H2,1H3,(H2,20,25)/t14-,15+/m1/s1. The van der Waals surface area contributed by atoms with Crippen LogP contribution in [0.4, 0.5) is 0 Å². The summed E-state index contributed by atoms with van der Waals surface area (Å²) in [7, 11) is 1.69. The zero-order valence-corrected chi connectivity index (χ0v) is 15.5. The van der Waals surface area contributed by atoms with E-state index in [-0.39, 0.29) is 5.82 Å². The number of fused-ring (bicyclic) bond motifs is 4. The lowest BCUT2D eigenvalue weighted by molar-refractivity contribution is 0.0987. The molecule has 2 bridgehead atoms. The lowest BCUT2D eigenvalue weighted by Crippen LogP contribution is -2.43. The van der Waals surface area contributed by atoms with E-state index in [4.69, 9.17) is 15.0 Å². The van der Waals surface area contributed by atoms with Gasteiger partial charge in [-0.1, -0.05) is 17.3 Å². The predicted molar refractivity (Wildman–Crippen MR) is 98.0 cm³/mol. The SMILES string of the molecule is COc1ccc(CN2C[C@H]3CC[C@@H](C2)N(Cc2nc(C(N)=O)no2)C3)cc1. The van der Waals surface area contributed by atoms with Gasteiger partial charge in [0.2, 0.25) is 5.89 Å². The summed E-state index contributed by atoms with van der Waals surface area (Å²) in [5.41, 5.74) is 6.50. The molecule has 5 rings (SSSR count). The van der Waals surface area contributed by atoms with Crippen LogP contribution in [0.1, 0.15) is 34.9 Å². The van der Waals surface area contributed by atoms with Gasteiger partial charge in [-0.15, -0.1) is 0 Å². The third kappa shape index (κ3) is 4.12. The summed E-state index contributed by atoms with van der Waals surface area (Å²) in [4.78, 5) is 20.2. The summed E-state index contributed by atoms with van der Waals surface area (Å²) in [6, 6.07) is 8.74. The number of rotatable bonds is 6. The van der Waals surface area contributed by atoms with Crippen molar-refractivity contribution in [1.29, 1.82) is 0 Å². The molecule has 3 aliphatic heterocycles. The van der Waals surface area contributed by atoms with Crippen molar-refractivity contribution in [2.45, 2.75) is 32.0 Å². The summed E-state index contributed by atoms with van der Waals surface area (Å²) in [5, 5.41) is 3.64. The summed E-state index contributed by atoms with van der Waals surface area (Å²) in [6.07, 6.45) is 2.41. The number of benzene rings is 1. The molecule has 0 spiro atoms. The molecule has 2 aromatic rings. The number of nitrogens with zero attached hydrogens (tertiary/aromatic N) is 4. The van der Waals surface area contributed by atoms with Gasteiger partial charge in [-0.3, -0.25) is 14.6 Å². The molecular formula is C19H25N5O3. The maximum Gasteiger partial charge on any atom is 0.290 e. The molecule has 3 fully saturated rings. The van der Waals surface area contributed by atoms with Crippen LogP contribution >= 0.6 is 0 Å². The lowest BCUT2D eigenvalue weighted by atomic mass is 9.95. The molecule has 27 heavy (non-hydrogen) atoms. The van der Waals surface area contributed by atoms with Crippen molar-refractivity contribution < 1.29 is 14.1 Å². The monoisotopic (exact) mass is 371 g/mol. The van der Waals surface area contributed by atoms with Gasteiger partial charge in [0.05, 0.1) is 13.7 Å². The number of hydrogen-bond donors (Lipinski definition) is 1. The minimum Gasteiger partial charge on any atom is -0.497 e. The van der Waals surface area contributed by atoms with Crippen LogP contribution in [0.2, 0.25) is 0 Å². The number of amides is 1. The van der Waals surface area contributed by atoms with Crippen LogP contribution in [0, 0.1) is 5.92 Å². The molecule has 1 amide bonds. The topological polar surface area (TPSA) is 97.7 Å². The van der Waals surface area contributed by atoms with E-state index in [1.54, 1.807) is 7.11 Å². The van der Waals surface area contributed by atoms with Gasteiger partial charge in [-0.25, -0.2) is 0 Å². The van der Waals surface area contributed by atoms with Crippen LogP contribution in [-0.2, 0) is 13.1 Å². The average Bonchev–Trinajstić information content (AvgIpc) is 2.97. The fourth-order valence-electron chi connectivity index (χ4n) is 4.18. The average molecular weight is 371 g/mol. The van der Waals surface area contributed by atoms with Crippen molar-refractivity contribution in [2.75, 3.05) is 26.7 Å². The van der Waals surface area contributed by atoms with Crippen LogP contribution in [-0.4, -0.2) is 58.6 Å².